The average molecular weight is 355 g/mol. The number of ether oxygens (including phenoxy) is 1. The zero-order valence-corrected chi connectivity index (χ0v) is 15.0. The van der Waals surface area contributed by atoms with Crippen molar-refractivity contribution in [3.8, 4) is 17.1 Å². The number of methoxy groups -OCH3 is 1. The van der Waals surface area contributed by atoms with Crippen LogP contribution in [0.2, 0.25) is 0 Å². The summed E-state index contributed by atoms with van der Waals surface area (Å²) in [6.07, 6.45) is 0.963. The third kappa shape index (κ3) is 4.11. The molecule has 0 aliphatic rings. The van der Waals surface area contributed by atoms with Gasteiger partial charge in [-0.3, -0.25) is 4.79 Å². The molecule has 1 N–H and O–H groups in total. The fourth-order valence-electron chi connectivity index (χ4n) is 2.68. The predicted molar refractivity (Wildman–Crippen MR) is 94.6 cm³/mol. The van der Waals surface area contributed by atoms with Gasteiger partial charge in [-0.05, 0) is 32.4 Å². The Hall–Kier alpha value is -3.09. The van der Waals surface area contributed by atoms with Crippen molar-refractivity contribution in [2.75, 3.05) is 7.11 Å². The molecule has 0 aliphatic heterocycles. The number of hydrogen-bond donors (Lipinski definition) is 1. The molecule has 0 saturated carbocycles. The van der Waals surface area contributed by atoms with Crippen molar-refractivity contribution in [3.63, 3.8) is 0 Å². The molecular weight excluding hydrogens is 334 g/mol. The molecular formula is C19H21N3O4. The van der Waals surface area contributed by atoms with Gasteiger partial charge in [0, 0.05) is 23.6 Å². The molecule has 0 radical (unpaired) electrons. The van der Waals surface area contributed by atoms with E-state index in [1.165, 1.54) is 0 Å². The molecule has 136 valence electrons. The molecule has 7 nitrogen and oxygen atoms in total. The van der Waals surface area contributed by atoms with Crippen LogP contribution >= 0.6 is 0 Å². The maximum absolute atomic E-state index is 12.1. The monoisotopic (exact) mass is 355 g/mol. The summed E-state index contributed by atoms with van der Waals surface area (Å²) in [6, 6.07) is 9.33. The van der Waals surface area contributed by atoms with Gasteiger partial charge in [0.1, 0.15) is 17.2 Å². The summed E-state index contributed by atoms with van der Waals surface area (Å²) in [5.74, 6) is 2.07. The molecule has 2 aromatic heterocycles. The number of nitrogens with one attached hydrogen (secondary N) is 1. The quantitative estimate of drug-likeness (QED) is 0.700. The lowest BCUT2D eigenvalue weighted by molar-refractivity contribution is -0.121. The summed E-state index contributed by atoms with van der Waals surface area (Å²) in [6.45, 7) is 4.04. The van der Waals surface area contributed by atoms with Crippen LogP contribution in [0, 0.1) is 13.8 Å². The van der Waals surface area contributed by atoms with Gasteiger partial charge in [-0.1, -0.05) is 22.4 Å². The minimum Gasteiger partial charge on any atom is -0.497 e. The van der Waals surface area contributed by atoms with Crippen molar-refractivity contribution >= 4 is 5.91 Å². The molecule has 0 aliphatic carbocycles. The maximum Gasteiger partial charge on any atom is 0.220 e. The zero-order valence-electron chi connectivity index (χ0n) is 15.0. The Morgan fingerprint density at radius 2 is 2.04 bits per heavy atom. The van der Waals surface area contributed by atoms with Crippen molar-refractivity contribution < 1.29 is 18.6 Å². The fraction of sp³-hybridized carbons (Fsp3) is 0.316. The third-order valence-electron chi connectivity index (χ3n) is 4.16. The Labute approximate surface area is 151 Å². The van der Waals surface area contributed by atoms with Crippen LogP contribution in [0.25, 0.3) is 11.3 Å². The standard InChI is InChI=1S/C19H21N3O4/c1-12-17(13(2)25-21-12)7-8-19(23)20-11-15-10-18(26-22-15)14-5-4-6-16(9-14)24-3/h4-6,9-10H,7-8,11H2,1-3H3,(H,20,23). The van der Waals surface area contributed by atoms with Crippen LogP contribution in [-0.4, -0.2) is 23.3 Å². The van der Waals surface area contributed by atoms with E-state index in [9.17, 15) is 4.79 Å². The van der Waals surface area contributed by atoms with Crippen LogP contribution in [0.3, 0.4) is 0 Å². The van der Waals surface area contributed by atoms with Crippen LogP contribution in [0.4, 0.5) is 0 Å². The molecule has 26 heavy (non-hydrogen) atoms. The van der Waals surface area contributed by atoms with E-state index in [2.05, 4.69) is 15.6 Å². The molecule has 0 spiro atoms. The van der Waals surface area contributed by atoms with E-state index in [1.807, 2.05) is 44.2 Å². The predicted octanol–water partition coefficient (Wildman–Crippen LogP) is 3.20. The smallest absolute Gasteiger partial charge is 0.220 e. The summed E-state index contributed by atoms with van der Waals surface area (Å²) < 4.78 is 15.7. The zero-order chi connectivity index (χ0) is 18.5. The second-order valence-electron chi connectivity index (χ2n) is 5.99. The molecule has 3 aromatic rings. The average Bonchev–Trinajstić information content (AvgIpc) is 3.25. The molecule has 2 heterocycles. The number of aryl methyl sites for hydroxylation is 2. The van der Waals surface area contributed by atoms with E-state index >= 15 is 0 Å². The fourth-order valence-corrected chi connectivity index (χ4v) is 2.68. The normalized spacial score (nSPS) is 10.7. The Morgan fingerprint density at radius 1 is 1.19 bits per heavy atom. The summed E-state index contributed by atoms with van der Waals surface area (Å²) in [5.41, 5.74) is 3.35. The lowest BCUT2D eigenvalue weighted by atomic mass is 10.1. The molecule has 0 bridgehead atoms. The highest BCUT2D eigenvalue weighted by Crippen LogP contribution is 2.24. The van der Waals surface area contributed by atoms with Crippen LogP contribution in [0.1, 0.15) is 29.1 Å². The number of nitrogens with zero attached hydrogens (tertiary/aromatic N) is 2. The third-order valence-corrected chi connectivity index (χ3v) is 4.16. The number of carbonyl (C=O) groups is 1. The number of aromatic nitrogens is 2. The Morgan fingerprint density at radius 3 is 2.77 bits per heavy atom. The van der Waals surface area contributed by atoms with Gasteiger partial charge >= 0.3 is 0 Å². The molecule has 0 atom stereocenters. The number of rotatable bonds is 7. The molecule has 1 aromatic carbocycles. The van der Waals surface area contributed by atoms with E-state index in [0.717, 1.165) is 28.3 Å². The number of carbonyl (C=O) groups excluding carboxylic acids is 1. The summed E-state index contributed by atoms with van der Waals surface area (Å²) >= 11 is 0. The molecule has 3 rings (SSSR count). The highest BCUT2D eigenvalue weighted by Gasteiger charge is 2.12. The first kappa shape index (κ1) is 17.7. The molecule has 0 fully saturated rings. The molecule has 0 unspecified atom stereocenters. The van der Waals surface area contributed by atoms with Gasteiger partial charge in [0.25, 0.3) is 0 Å². The second kappa shape index (κ2) is 7.86. The Bertz CT molecular complexity index is 878. The second-order valence-corrected chi connectivity index (χ2v) is 5.99. The van der Waals surface area contributed by atoms with Crippen molar-refractivity contribution in [1.29, 1.82) is 0 Å². The van der Waals surface area contributed by atoms with E-state index in [4.69, 9.17) is 13.8 Å². The van der Waals surface area contributed by atoms with E-state index in [-0.39, 0.29) is 5.91 Å². The van der Waals surface area contributed by atoms with Crippen LogP contribution in [0.15, 0.2) is 39.4 Å². The van der Waals surface area contributed by atoms with E-state index in [1.54, 1.807) is 7.11 Å². The van der Waals surface area contributed by atoms with Gasteiger partial charge in [0.2, 0.25) is 5.91 Å². The van der Waals surface area contributed by atoms with E-state index in [0.29, 0.717) is 30.8 Å². The van der Waals surface area contributed by atoms with E-state index < -0.39 is 0 Å². The van der Waals surface area contributed by atoms with Gasteiger partial charge in [-0.25, -0.2) is 0 Å². The minimum absolute atomic E-state index is 0.0593. The lowest BCUT2D eigenvalue weighted by Crippen LogP contribution is -2.23. The first-order valence-corrected chi connectivity index (χ1v) is 8.35. The van der Waals surface area contributed by atoms with Gasteiger partial charge in [0.05, 0.1) is 19.3 Å². The summed E-state index contributed by atoms with van der Waals surface area (Å²) in [5, 5.41) is 10.7. The van der Waals surface area contributed by atoms with Gasteiger partial charge in [-0.2, -0.15) is 0 Å². The topological polar surface area (TPSA) is 90.4 Å². The minimum atomic E-state index is -0.0593. The first-order chi connectivity index (χ1) is 12.6. The molecule has 0 saturated heterocycles. The van der Waals surface area contributed by atoms with Crippen molar-refractivity contribution in [3.05, 3.63) is 53.0 Å². The maximum atomic E-state index is 12.1. The summed E-state index contributed by atoms with van der Waals surface area (Å²) in [7, 11) is 1.61. The van der Waals surface area contributed by atoms with Crippen molar-refractivity contribution in [1.82, 2.24) is 15.6 Å². The number of amides is 1. The highest BCUT2D eigenvalue weighted by atomic mass is 16.5. The highest BCUT2D eigenvalue weighted by molar-refractivity contribution is 5.76. The van der Waals surface area contributed by atoms with Crippen LogP contribution < -0.4 is 10.1 Å². The van der Waals surface area contributed by atoms with Gasteiger partial charge < -0.3 is 19.1 Å². The van der Waals surface area contributed by atoms with Crippen LogP contribution in [0.5, 0.6) is 5.75 Å². The lowest BCUT2D eigenvalue weighted by Gasteiger charge is -2.02. The van der Waals surface area contributed by atoms with Crippen molar-refractivity contribution in [2.45, 2.75) is 33.2 Å². The van der Waals surface area contributed by atoms with Crippen LogP contribution in [-0.2, 0) is 17.8 Å². The Kier molecular flexibility index (Phi) is 5.36. The molecule has 1 amide bonds. The SMILES string of the molecule is COc1cccc(-c2cc(CNC(=O)CCc3c(C)noc3C)no2)c1. The van der Waals surface area contributed by atoms with Crippen molar-refractivity contribution in [2.24, 2.45) is 0 Å². The van der Waals surface area contributed by atoms with Gasteiger partial charge in [0.15, 0.2) is 5.76 Å². The molecule has 7 heteroatoms. The summed E-state index contributed by atoms with van der Waals surface area (Å²) in [4.78, 5) is 12.1. The number of hydrogen-bond acceptors (Lipinski definition) is 6. The largest absolute Gasteiger partial charge is 0.497 e. The number of benzene rings is 1. The Balaban J connectivity index is 1.53. The first-order valence-electron chi connectivity index (χ1n) is 8.35. The van der Waals surface area contributed by atoms with Gasteiger partial charge in [-0.15, -0.1) is 0 Å².